The number of imide groups is 2. The number of nitrogens with zero attached hydrogens (tertiary/aromatic N) is 2. The molecule has 1 saturated heterocycles. The second kappa shape index (κ2) is 8.64. The molecule has 4 amide bonds. The van der Waals surface area contributed by atoms with Crippen molar-refractivity contribution in [1.29, 1.82) is 0 Å². The van der Waals surface area contributed by atoms with E-state index in [4.69, 9.17) is 16.0 Å². The van der Waals surface area contributed by atoms with Gasteiger partial charge in [-0.3, -0.25) is 25.0 Å². The summed E-state index contributed by atoms with van der Waals surface area (Å²) in [4.78, 5) is 49.1. The van der Waals surface area contributed by atoms with Gasteiger partial charge in [0.2, 0.25) is 0 Å². The van der Waals surface area contributed by atoms with Crippen LogP contribution in [0.25, 0.3) is 17.4 Å². The monoisotopic (exact) mass is 529 g/mol. The lowest BCUT2D eigenvalue weighted by Crippen LogP contribution is -2.54. The van der Waals surface area contributed by atoms with E-state index in [2.05, 4.69) is 21.2 Å². The molecule has 166 valence electrons. The van der Waals surface area contributed by atoms with Gasteiger partial charge in [0.1, 0.15) is 22.1 Å². The molecule has 2 aromatic carbocycles. The van der Waals surface area contributed by atoms with Gasteiger partial charge in [-0.2, -0.15) is 0 Å². The van der Waals surface area contributed by atoms with Gasteiger partial charge in [-0.1, -0.05) is 27.5 Å². The topological polar surface area (TPSA) is 123 Å². The Hall–Kier alpha value is -3.76. The molecule has 0 atom stereocenters. The van der Waals surface area contributed by atoms with Gasteiger partial charge in [0.15, 0.2) is 0 Å². The highest BCUT2D eigenvalue weighted by Crippen LogP contribution is 2.32. The van der Waals surface area contributed by atoms with Crippen LogP contribution in [0.15, 0.2) is 63.0 Å². The molecule has 1 aliphatic rings. The Labute approximate surface area is 199 Å². The van der Waals surface area contributed by atoms with E-state index >= 15 is 0 Å². The first kappa shape index (κ1) is 22.4. The third-order valence-electron chi connectivity index (χ3n) is 4.84. The zero-order valence-corrected chi connectivity index (χ0v) is 19.1. The van der Waals surface area contributed by atoms with Gasteiger partial charge in [0, 0.05) is 16.1 Å². The van der Waals surface area contributed by atoms with E-state index in [9.17, 15) is 24.5 Å². The normalized spacial score (nSPS) is 15.2. The summed E-state index contributed by atoms with van der Waals surface area (Å²) < 4.78 is 6.46. The molecule has 0 aliphatic carbocycles. The van der Waals surface area contributed by atoms with E-state index in [-0.39, 0.29) is 27.8 Å². The summed E-state index contributed by atoms with van der Waals surface area (Å²) in [6.45, 7) is 1.80. The van der Waals surface area contributed by atoms with Crippen molar-refractivity contribution in [3.63, 3.8) is 0 Å². The molecule has 0 saturated carbocycles. The fourth-order valence-electron chi connectivity index (χ4n) is 3.19. The molecule has 1 fully saturated rings. The maximum atomic E-state index is 13.0. The van der Waals surface area contributed by atoms with Crippen LogP contribution >= 0.6 is 27.5 Å². The van der Waals surface area contributed by atoms with Gasteiger partial charge >= 0.3 is 6.03 Å². The summed E-state index contributed by atoms with van der Waals surface area (Å²) in [6, 6.07) is 11.2. The molecule has 2 heterocycles. The number of nitro groups is 1. The van der Waals surface area contributed by atoms with E-state index in [1.165, 1.54) is 30.3 Å². The molecule has 1 aliphatic heterocycles. The van der Waals surface area contributed by atoms with Crippen molar-refractivity contribution in [3.05, 3.63) is 85.0 Å². The molecular formula is C22H13BrClN3O6. The number of aryl methyl sites for hydroxylation is 1. The average molecular weight is 531 g/mol. The highest BCUT2D eigenvalue weighted by Gasteiger charge is 2.37. The zero-order valence-electron chi connectivity index (χ0n) is 16.8. The van der Waals surface area contributed by atoms with E-state index in [0.29, 0.717) is 11.3 Å². The summed E-state index contributed by atoms with van der Waals surface area (Å²) in [5.41, 5.74) is 0.884. The maximum absolute atomic E-state index is 13.0. The van der Waals surface area contributed by atoms with Gasteiger partial charge in [0.05, 0.1) is 10.6 Å². The number of urea groups is 1. The molecule has 11 heteroatoms. The van der Waals surface area contributed by atoms with Crippen LogP contribution in [0.3, 0.4) is 0 Å². The van der Waals surface area contributed by atoms with Crippen molar-refractivity contribution < 1.29 is 23.7 Å². The summed E-state index contributed by atoms with van der Waals surface area (Å²) in [6.07, 6.45) is 1.21. The Bertz CT molecular complexity index is 1380. The number of furan rings is 1. The molecule has 0 spiro atoms. The van der Waals surface area contributed by atoms with E-state index < -0.39 is 22.8 Å². The molecule has 9 nitrogen and oxygen atoms in total. The largest absolute Gasteiger partial charge is 0.457 e. The first-order chi connectivity index (χ1) is 15.7. The number of amides is 4. The van der Waals surface area contributed by atoms with Gasteiger partial charge in [-0.05, 0) is 61.0 Å². The van der Waals surface area contributed by atoms with Gasteiger partial charge in [0.25, 0.3) is 17.5 Å². The van der Waals surface area contributed by atoms with Crippen LogP contribution in [0.2, 0.25) is 5.02 Å². The van der Waals surface area contributed by atoms with E-state index in [0.717, 1.165) is 14.9 Å². The third kappa shape index (κ3) is 4.30. The SMILES string of the molecule is Cc1cc(N2C(=O)NC(=O)/C(=C/c3ccc(-c4ccc(Cl)c([N+](=O)[O-])c4)o3)C2=O)ccc1Br. The zero-order chi connectivity index (χ0) is 23.9. The Morgan fingerprint density at radius 2 is 1.88 bits per heavy atom. The number of anilines is 1. The predicted molar refractivity (Wildman–Crippen MR) is 124 cm³/mol. The Morgan fingerprint density at radius 3 is 2.58 bits per heavy atom. The highest BCUT2D eigenvalue weighted by atomic mass is 79.9. The number of hydrogen-bond acceptors (Lipinski definition) is 6. The second-order valence-electron chi connectivity index (χ2n) is 7.02. The summed E-state index contributed by atoms with van der Waals surface area (Å²) in [7, 11) is 0. The molecule has 0 radical (unpaired) electrons. The van der Waals surface area contributed by atoms with Crippen molar-refractivity contribution in [2.45, 2.75) is 6.92 Å². The standard InChI is InChI=1S/C22H13BrClN3O6/c1-11-8-13(3-5-16(11)23)26-21(29)15(20(28)25-22(26)30)10-14-4-7-19(33-14)12-2-6-17(24)18(9-12)27(31)32/h2-10H,1H3,(H,25,28,30)/b15-10-. The van der Waals surface area contributed by atoms with Gasteiger partial charge in [-0.25, -0.2) is 9.69 Å². The van der Waals surface area contributed by atoms with Crippen LogP contribution < -0.4 is 10.2 Å². The minimum Gasteiger partial charge on any atom is -0.457 e. The van der Waals surface area contributed by atoms with Crippen molar-refractivity contribution >= 4 is 62.8 Å². The number of nitro benzene ring substituents is 1. The fraction of sp³-hybridized carbons (Fsp3) is 0.0455. The van der Waals surface area contributed by atoms with Crippen molar-refractivity contribution in [1.82, 2.24) is 5.32 Å². The smallest absolute Gasteiger partial charge is 0.335 e. The van der Waals surface area contributed by atoms with Crippen molar-refractivity contribution in [3.8, 4) is 11.3 Å². The maximum Gasteiger partial charge on any atom is 0.335 e. The van der Waals surface area contributed by atoms with Gasteiger partial charge < -0.3 is 4.42 Å². The molecule has 0 unspecified atom stereocenters. The number of nitrogens with one attached hydrogen (secondary N) is 1. The number of carbonyl (C=O) groups excluding carboxylic acids is 3. The molecular weight excluding hydrogens is 518 g/mol. The highest BCUT2D eigenvalue weighted by molar-refractivity contribution is 9.10. The molecule has 3 aromatic rings. The van der Waals surface area contributed by atoms with Gasteiger partial charge in [-0.15, -0.1) is 0 Å². The quantitative estimate of drug-likeness (QED) is 0.213. The predicted octanol–water partition coefficient (Wildman–Crippen LogP) is 5.25. The first-order valence-corrected chi connectivity index (χ1v) is 10.5. The summed E-state index contributed by atoms with van der Waals surface area (Å²) in [5.74, 6) is -1.27. The van der Waals surface area contributed by atoms with Crippen molar-refractivity contribution in [2.24, 2.45) is 0 Å². The van der Waals surface area contributed by atoms with E-state index in [1.54, 1.807) is 31.2 Å². The number of benzene rings is 2. The van der Waals surface area contributed by atoms with Crippen LogP contribution in [-0.4, -0.2) is 22.8 Å². The molecule has 33 heavy (non-hydrogen) atoms. The number of rotatable bonds is 4. The number of barbiturate groups is 1. The summed E-state index contributed by atoms with van der Waals surface area (Å²) >= 11 is 9.20. The lowest BCUT2D eigenvalue weighted by atomic mass is 10.1. The number of halogens is 2. The fourth-order valence-corrected chi connectivity index (χ4v) is 3.63. The average Bonchev–Trinajstić information content (AvgIpc) is 3.22. The molecule has 0 bridgehead atoms. The minimum absolute atomic E-state index is 0.0185. The molecule has 1 N–H and O–H groups in total. The minimum atomic E-state index is -0.866. The lowest BCUT2D eigenvalue weighted by Gasteiger charge is -2.26. The van der Waals surface area contributed by atoms with Crippen LogP contribution in [-0.2, 0) is 9.59 Å². The second-order valence-corrected chi connectivity index (χ2v) is 8.28. The Kier molecular flexibility index (Phi) is 5.88. The van der Waals surface area contributed by atoms with Crippen LogP contribution in [0.1, 0.15) is 11.3 Å². The number of hydrogen-bond donors (Lipinski definition) is 1. The summed E-state index contributed by atoms with van der Waals surface area (Å²) in [5, 5.41) is 13.2. The molecule has 4 rings (SSSR count). The Morgan fingerprint density at radius 1 is 1.12 bits per heavy atom. The Balaban J connectivity index is 1.68. The van der Waals surface area contributed by atoms with Crippen LogP contribution in [0, 0.1) is 17.0 Å². The van der Waals surface area contributed by atoms with Crippen LogP contribution in [0.4, 0.5) is 16.2 Å². The molecule has 1 aromatic heterocycles. The van der Waals surface area contributed by atoms with Crippen molar-refractivity contribution in [2.75, 3.05) is 4.90 Å². The van der Waals surface area contributed by atoms with E-state index in [1.807, 2.05) is 0 Å². The third-order valence-corrected chi connectivity index (χ3v) is 6.05. The number of carbonyl (C=O) groups is 3. The lowest BCUT2D eigenvalue weighted by molar-refractivity contribution is -0.384. The first-order valence-electron chi connectivity index (χ1n) is 9.37. The van der Waals surface area contributed by atoms with Crippen LogP contribution in [0.5, 0.6) is 0 Å².